The summed E-state index contributed by atoms with van der Waals surface area (Å²) in [6.07, 6.45) is 3.09. The molecule has 2 atom stereocenters. The molecule has 1 aliphatic carbocycles. The van der Waals surface area contributed by atoms with Crippen LogP contribution in [0.4, 0.5) is 4.79 Å². The lowest BCUT2D eigenvalue weighted by Gasteiger charge is -2.24. The summed E-state index contributed by atoms with van der Waals surface area (Å²) < 4.78 is 32.4. The average molecular weight is 319 g/mol. The second-order valence-electron chi connectivity index (χ2n) is 6.43. The fourth-order valence-corrected chi connectivity index (χ4v) is 3.11. The molecule has 0 aromatic carbocycles. The van der Waals surface area contributed by atoms with Crippen molar-refractivity contribution in [2.24, 2.45) is 11.8 Å². The zero-order valence-electron chi connectivity index (χ0n) is 12.3. The Kier molecular flexibility index (Phi) is 4.98. The first-order chi connectivity index (χ1) is 9.03. The van der Waals surface area contributed by atoms with Crippen molar-refractivity contribution < 1.29 is 22.1 Å². The van der Waals surface area contributed by atoms with E-state index in [1.54, 1.807) is 4.90 Å². The van der Waals surface area contributed by atoms with Gasteiger partial charge in [0.15, 0.2) is 0 Å². The highest BCUT2D eigenvalue weighted by Crippen LogP contribution is 2.38. The van der Waals surface area contributed by atoms with Gasteiger partial charge >= 0.3 is 16.2 Å². The number of fused-ring (bicyclic) bond motifs is 1. The van der Waals surface area contributed by atoms with Crippen LogP contribution < -0.4 is 0 Å². The lowest BCUT2D eigenvalue weighted by atomic mass is 10.0. The van der Waals surface area contributed by atoms with Gasteiger partial charge in [-0.25, -0.2) is 4.79 Å². The van der Waals surface area contributed by atoms with Crippen LogP contribution in [0.25, 0.3) is 0 Å². The van der Waals surface area contributed by atoms with Crippen LogP contribution in [0.5, 0.6) is 0 Å². The predicted molar refractivity (Wildman–Crippen MR) is 80.1 cm³/mol. The number of carbonyl (C=O) groups excluding carboxylic acids is 1. The number of nitrogens with zero attached hydrogens (tertiary/aromatic N) is 1. The highest BCUT2D eigenvalue weighted by atomic mass is 32.2. The van der Waals surface area contributed by atoms with Gasteiger partial charge in [-0.3, -0.25) is 0 Å². The molecule has 2 rings (SSSR count). The van der Waals surface area contributed by atoms with Crippen LogP contribution in [0.3, 0.4) is 0 Å². The number of ether oxygens (including phenoxy) is 1. The fraction of sp³-hybridized carbons (Fsp3) is 0.786. The molecule has 0 N–H and O–H groups in total. The zero-order chi connectivity index (χ0) is 15.1. The molecule has 21 heavy (non-hydrogen) atoms. The second kappa shape index (κ2) is 5.87. The van der Waals surface area contributed by atoms with Gasteiger partial charge < -0.3 is 13.8 Å². The van der Waals surface area contributed by atoms with Gasteiger partial charge in [0.2, 0.25) is 0 Å². The largest absolute Gasteiger partial charge is 0.444 e. The summed E-state index contributed by atoms with van der Waals surface area (Å²) in [6, 6.07) is 0. The fourth-order valence-electron chi connectivity index (χ4n) is 2.60. The zero-order valence-corrected chi connectivity index (χ0v) is 13.1. The van der Waals surface area contributed by atoms with Gasteiger partial charge in [-0.15, -0.1) is 0 Å². The molecule has 7 heteroatoms. The van der Waals surface area contributed by atoms with Gasteiger partial charge in [0, 0.05) is 25.4 Å². The van der Waals surface area contributed by atoms with Crippen LogP contribution in [-0.2, 0) is 19.0 Å². The first-order valence-electron chi connectivity index (χ1n) is 6.61. The average Bonchev–Trinajstić information content (AvgIpc) is 2.68. The Labute approximate surface area is 127 Å². The van der Waals surface area contributed by atoms with Gasteiger partial charge in [-0.1, -0.05) is 7.43 Å². The van der Waals surface area contributed by atoms with Crippen molar-refractivity contribution in [1.29, 1.82) is 0 Å². The summed E-state index contributed by atoms with van der Waals surface area (Å²) in [7, 11) is -3.47. The van der Waals surface area contributed by atoms with Crippen molar-refractivity contribution in [3.05, 3.63) is 11.8 Å². The van der Waals surface area contributed by atoms with Crippen LogP contribution in [0.15, 0.2) is 11.8 Å². The number of likely N-dealkylation sites (tertiary alicyclic amines) is 1. The summed E-state index contributed by atoms with van der Waals surface area (Å²) in [5, 5.41) is 0. The Morgan fingerprint density at radius 1 is 1.33 bits per heavy atom. The van der Waals surface area contributed by atoms with E-state index in [9.17, 15) is 13.2 Å². The Balaban J connectivity index is 0.00000220. The third-order valence-corrected chi connectivity index (χ3v) is 3.78. The molecule has 1 aliphatic heterocycles. The quantitative estimate of drug-likeness (QED) is 0.731. The molecular formula is C14H25NO5S. The van der Waals surface area contributed by atoms with Crippen LogP contribution in [0.1, 0.15) is 34.6 Å². The molecule has 0 aromatic rings. The molecule has 1 amide bonds. The minimum atomic E-state index is -3.47. The van der Waals surface area contributed by atoms with E-state index < -0.39 is 15.7 Å². The number of allylic oxidation sites excluding steroid dienone is 1. The van der Waals surface area contributed by atoms with E-state index in [4.69, 9.17) is 8.92 Å². The van der Waals surface area contributed by atoms with Crippen LogP contribution in [-0.4, -0.2) is 44.4 Å². The van der Waals surface area contributed by atoms with Gasteiger partial charge in [0.25, 0.3) is 0 Å². The molecule has 6 nitrogen and oxygen atoms in total. The summed E-state index contributed by atoms with van der Waals surface area (Å²) in [5.74, 6) is 0.866. The third-order valence-electron chi connectivity index (χ3n) is 3.27. The topological polar surface area (TPSA) is 72.9 Å². The number of hydrogen-bond acceptors (Lipinski definition) is 5. The van der Waals surface area contributed by atoms with Gasteiger partial charge in [-0.2, -0.15) is 8.42 Å². The van der Waals surface area contributed by atoms with Crippen molar-refractivity contribution in [2.75, 3.05) is 19.3 Å². The predicted octanol–water partition coefficient (Wildman–Crippen LogP) is 2.37. The maximum absolute atomic E-state index is 12.0. The minimum absolute atomic E-state index is 0. The van der Waals surface area contributed by atoms with Crippen molar-refractivity contribution >= 4 is 16.2 Å². The third kappa shape index (κ3) is 4.91. The molecule has 2 aliphatic rings. The highest BCUT2D eigenvalue weighted by Gasteiger charge is 2.40. The Morgan fingerprint density at radius 2 is 1.95 bits per heavy atom. The number of carbonyl (C=O) groups is 1. The van der Waals surface area contributed by atoms with Crippen LogP contribution >= 0.6 is 0 Å². The van der Waals surface area contributed by atoms with E-state index in [0.717, 1.165) is 6.26 Å². The molecule has 1 saturated heterocycles. The molecule has 0 saturated carbocycles. The Bertz CT molecular complexity index is 532. The SMILES string of the molecule is C.CC(C)(C)OC(=O)N1CC2C=C(OS(C)(=O)=O)CC2C1. The summed E-state index contributed by atoms with van der Waals surface area (Å²) in [5.41, 5.74) is -0.505. The summed E-state index contributed by atoms with van der Waals surface area (Å²) in [4.78, 5) is 13.6. The summed E-state index contributed by atoms with van der Waals surface area (Å²) in [6.45, 7) is 6.63. The molecule has 1 fully saturated rings. The van der Waals surface area contributed by atoms with E-state index >= 15 is 0 Å². The molecule has 1 heterocycles. The Hall–Kier alpha value is -1.24. The van der Waals surface area contributed by atoms with E-state index in [2.05, 4.69) is 0 Å². The van der Waals surface area contributed by atoms with Crippen LogP contribution in [0, 0.1) is 11.8 Å². The second-order valence-corrected chi connectivity index (χ2v) is 8.01. The van der Waals surface area contributed by atoms with E-state index in [1.165, 1.54) is 0 Å². The first kappa shape index (κ1) is 17.8. The molecule has 0 bridgehead atoms. The number of hydrogen-bond donors (Lipinski definition) is 0. The van der Waals surface area contributed by atoms with Gasteiger partial charge in [-0.05, 0) is 32.8 Å². The van der Waals surface area contributed by atoms with Crippen LogP contribution in [0.2, 0.25) is 0 Å². The van der Waals surface area contributed by atoms with Crippen molar-refractivity contribution in [3.8, 4) is 0 Å². The number of amides is 1. The minimum Gasteiger partial charge on any atom is -0.444 e. The van der Waals surface area contributed by atoms with Crippen molar-refractivity contribution in [3.63, 3.8) is 0 Å². The van der Waals surface area contributed by atoms with E-state index in [0.29, 0.717) is 25.3 Å². The van der Waals surface area contributed by atoms with Crippen molar-refractivity contribution in [1.82, 2.24) is 4.90 Å². The molecule has 2 unspecified atom stereocenters. The molecule has 0 radical (unpaired) electrons. The van der Waals surface area contributed by atoms with Gasteiger partial charge in [0.05, 0.1) is 6.26 Å². The molecular weight excluding hydrogens is 294 g/mol. The lowest BCUT2D eigenvalue weighted by molar-refractivity contribution is 0.0284. The normalized spacial score (nSPS) is 25.0. The smallest absolute Gasteiger partial charge is 0.410 e. The van der Waals surface area contributed by atoms with E-state index in [1.807, 2.05) is 26.8 Å². The van der Waals surface area contributed by atoms with E-state index in [-0.39, 0.29) is 25.4 Å². The Morgan fingerprint density at radius 3 is 2.43 bits per heavy atom. The number of rotatable bonds is 2. The van der Waals surface area contributed by atoms with Gasteiger partial charge in [0.1, 0.15) is 11.4 Å². The molecule has 122 valence electrons. The highest BCUT2D eigenvalue weighted by molar-refractivity contribution is 7.86. The standard InChI is InChI=1S/C13H21NO5S.CH4/c1-13(2,3)18-12(15)14-7-9-5-11(6-10(9)8-14)19-20(4,16)17;/h5,9-10H,6-8H2,1-4H3;1H4. The molecule has 0 aromatic heterocycles. The first-order valence-corrected chi connectivity index (χ1v) is 8.43. The van der Waals surface area contributed by atoms with Crippen molar-refractivity contribution in [2.45, 2.75) is 40.2 Å². The maximum Gasteiger partial charge on any atom is 0.410 e. The molecule has 0 spiro atoms. The summed E-state index contributed by atoms with van der Waals surface area (Å²) >= 11 is 0. The lowest BCUT2D eigenvalue weighted by Crippen LogP contribution is -2.35. The monoisotopic (exact) mass is 319 g/mol. The maximum atomic E-state index is 12.0.